The molecule has 25 heavy (non-hydrogen) atoms. The average molecular weight is 358 g/mol. The van der Waals surface area contributed by atoms with Crippen LogP contribution >= 0.6 is 11.9 Å². The fourth-order valence-corrected chi connectivity index (χ4v) is 3.54. The quantitative estimate of drug-likeness (QED) is 0.737. The van der Waals surface area contributed by atoms with E-state index in [4.69, 9.17) is 0 Å². The average Bonchev–Trinajstić information content (AvgIpc) is 2.93. The summed E-state index contributed by atoms with van der Waals surface area (Å²) in [5.74, 6) is 0.0301. The minimum atomic E-state index is -1.42. The Morgan fingerprint density at radius 1 is 1.20 bits per heavy atom. The maximum absolute atomic E-state index is 14.9. The van der Waals surface area contributed by atoms with Gasteiger partial charge in [-0.25, -0.2) is 4.39 Å². The lowest BCUT2D eigenvalue weighted by Gasteiger charge is -2.22. The number of fused-ring (bicyclic) bond motifs is 1. The lowest BCUT2D eigenvalue weighted by molar-refractivity contribution is -0.115. The van der Waals surface area contributed by atoms with Crippen molar-refractivity contribution >= 4 is 23.5 Å². The van der Waals surface area contributed by atoms with Gasteiger partial charge in [0.05, 0.1) is 6.42 Å². The molecule has 2 N–H and O–H groups in total. The van der Waals surface area contributed by atoms with Crippen molar-refractivity contribution in [2.24, 2.45) is 0 Å². The monoisotopic (exact) mass is 358 g/mol. The van der Waals surface area contributed by atoms with E-state index in [2.05, 4.69) is 23.9 Å². The number of nitrogens with one attached hydrogen (secondary N) is 2. The largest absolute Gasteiger partial charge is 0.326 e. The highest BCUT2D eigenvalue weighted by atomic mass is 32.2. The van der Waals surface area contributed by atoms with E-state index in [9.17, 15) is 9.18 Å². The Morgan fingerprint density at radius 2 is 1.88 bits per heavy atom. The van der Waals surface area contributed by atoms with Crippen LogP contribution < -0.4 is 10.0 Å². The van der Waals surface area contributed by atoms with Crippen molar-refractivity contribution in [3.63, 3.8) is 0 Å². The molecule has 0 radical (unpaired) electrons. The molecule has 0 saturated heterocycles. The van der Waals surface area contributed by atoms with Crippen LogP contribution in [0.4, 0.5) is 10.1 Å². The number of alkyl halides is 1. The molecule has 0 bridgehead atoms. The molecule has 2 aromatic carbocycles. The normalized spacial score (nSPS) is 15.8. The number of carbonyl (C=O) groups is 1. The molecular formula is C20H23FN2OS. The third kappa shape index (κ3) is 4.22. The summed E-state index contributed by atoms with van der Waals surface area (Å²) in [6, 6.07) is 13.5. The van der Waals surface area contributed by atoms with Gasteiger partial charge in [-0.05, 0) is 35.2 Å². The molecule has 5 heteroatoms. The van der Waals surface area contributed by atoms with Crippen molar-refractivity contribution in [2.75, 3.05) is 11.9 Å². The zero-order chi connectivity index (χ0) is 18.0. The van der Waals surface area contributed by atoms with E-state index in [-0.39, 0.29) is 12.5 Å². The van der Waals surface area contributed by atoms with Gasteiger partial charge in [0.1, 0.15) is 5.67 Å². The summed E-state index contributed by atoms with van der Waals surface area (Å²) in [6.45, 7) is 6.00. The Hall–Kier alpha value is -1.85. The van der Waals surface area contributed by atoms with E-state index in [0.717, 1.165) is 22.4 Å². The predicted octanol–water partition coefficient (Wildman–Crippen LogP) is 4.68. The maximum atomic E-state index is 14.9. The van der Waals surface area contributed by atoms with Gasteiger partial charge in [0.15, 0.2) is 0 Å². The molecular weight excluding hydrogens is 335 g/mol. The van der Waals surface area contributed by atoms with Crippen molar-refractivity contribution < 1.29 is 9.18 Å². The highest BCUT2D eigenvalue weighted by molar-refractivity contribution is 7.97. The van der Waals surface area contributed by atoms with Crippen molar-refractivity contribution in [1.82, 2.24) is 4.72 Å². The fraction of sp³-hybridized carbons (Fsp3) is 0.350. The number of hydrogen-bond acceptors (Lipinski definition) is 3. The molecule has 0 saturated carbocycles. The van der Waals surface area contributed by atoms with Crippen LogP contribution in [0.3, 0.4) is 0 Å². The lowest BCUT2D eigenvalue weighted by atomic mass is 9.95. The highest BCUT2D eigenvalue weighted by Crippen LogP contribution is 2.32. The molecule has 1 atom stereocenters. The number of benzene rings is 2. The van der Waals surface area contributed by atoms with Gasteiger partial charge in [-0.2, -0.15) is 0 Å². The Morgan fingerprint density at radius 3 is 2.56 bits per heavy atom. The summed E-state index contributed by atoms with van der Waals surface area (Å²) in [6.07, 6.45) is 0.441. The molecule has 0 aliphatic carbocycles. The first-order chi connectivity index (χ1) is 11.8. The Labute approximate surface area is 152 Å². The van der Waals surface area contributed by atoms with E-state index in [0.29, 0.717) is 17.2 Å². The zero-order valence-corrected chi connectivity index (χ0v) is 15.5. The third-order valence-electron chi connectivity index (χ3n) is 4.28. The first-order valence-electron chi connectivity index (χ1n) is 8.46. The number of anilines is 1. The van der Waals surface area contributed by atoms with Crippen LogP contribution in [0.25, 0.3) is 11.1 Å². The number of carbonyl (C=O) groups excluding carboxylic acids is 1. The molecule has 0 spiro atoms. The van der Waals surface area contributed by atoms with Crippen LogP contribution in [0.5, 0.6) is 0 Å². The maximum Gasteiger partial charge on any atom is 0.228 e. The summed E-state index contributed by atoms with van der Waals surface area (Å²) in [5, 5.41) is 3.28. The molecule has 3 nitrogen and oxygen atoms in total. The fourth-order valence-electron chi connectivity index (χ4n) is 2.85. The lowest BCUT2D eigenvalue weighted by Crippen LogP contribution is -2.29. The number of halogens is 1. The van der Waals surface area contributed by atoms with Crippen molar-refractivity contribution in [3.05, 3.63) is 53.6 Å². The van der Waals surface area contributed by atoms with Crippen LogP contribution in [0, 0.1) is 0 Å². The predicted molar refractivity (Wildman–Crippen MR) is 103 cm³/mol. The van der Waals surface area contributed by atoms with E-state index in [1.54, 1.807) is 6.92 Å². The van der Waals surface area contributed by atoms with Gasteiger partial charge in [-0.1, -0.05) is 62.2 Å². The van der Waals surface area contributed by atoms with Gasteiger partial charge in [0.2, 0.25) is 5.91 Å². The van der Waals surface area contributed by atoms with Gasteiger partial charge in [0, 0.05) is 17.5 Å². The second kappa shape index (κ2) is 7.18. The molecule has 1 unspecified atom stereocenters. The van der Waals surface area contributed by atoms with Crippen molar-refractivity contribution in [2.45, 2.75) is 38.1 Å². The van der Waals surface area contributed by atoms with Crippen LogP contribution in [0.1, 0.15) is 31.9 Å². The first kappa shape index (κ1) is 18.0. The minimum Gasteiger partial charge on any atom is -0.326 e. The van der Waals surface area contributed by atoms with Crippen molar-refractivity contribution in [3.8, 4) is 11.1 Å². The zero-order valence-electron chi connectivity index (χ0n) is 14.7. The molecule has 0 fully saturated rings. The molecule has 1 heterocycles. The van der Waals surface area contributed by atoms with Gasteiger partial charge < -0.3 is 5.32 Å². The molecule has 1 amide bonds. The summed E-state index contributed by atoms with van der Waals surface area (Å²) >= 11 is 1.54. The van der Waals surface area contributed by atoms with Crippen LogP contribution in [-0.2, 0) is 16.9 Å². The summed E-state index contributed by atoms with van der Waals surface area (Å²) in [5.41, 5.74) is 3.15. The van der Waals surface area contributed by atoms with E-state index < -0.39 is 5.67 Å². The smallest absolute Gasteiger partial charge is 0.228 e. The third-order valence-corrected chi connectivity index (χ3v) is 5.06. The van der Waals surface area contributed by atoms with E-state index in [1.165, 1.54) is 11.9 Å². The second-order valence-corrected chi connectivity index (χ2v) is 8.33. The molecule has 0 aromatic heterocycles. The molecule has 1 aliphatic heterocycles. The minimum absolute atomic E-state index is 0.0301. The topological polar surface area (TPSA) is 41.1 Å². The highest BCUT2D eigenvalue weighted by Gasteiger charge is 2.25. The van der Waals surface area contributed by atoms with Crippen molar-refractivity contribution in [1.29, 1.82) is 0 Å². The molecule has 3 rings (SSSR count). The summed E-state index contributed by atoms with van der Waals surface area (Å²) in [4.78, 5) is 11.5. The molecule has 132 valence electrons. The van der Waals surface area contributed by atoms with Crippen LogP contribution in [0.15, 0.2) is 42.5 Å². The van der Waals surface area contributed by atoms with E-state index >= 15 is 0 Å². The standard InChI is InChI=1S/C20H23FN2OS/c1-13(2)25-22-12-20(3,21)17-8-6-14(7-9-17)15-4-5-16-11-19(24)23-18(16)10-15/h4-10,13,22H,11-12H2,1-3H3,(H,23,24). The Bertz CT molecular complexity index is 772. The van der Waals surface area contributed by atoms with Gasteiger partial charge in [0.25, 0.3) is 0 Å². The SMILES string of the molecule is CC(C)SNCC(C)(F)c1ccc(-c2ccc3c(c2)NC(=O)C3)cc1. The summed E-state index contributed by atoms with van der Waals surface area (Å²) < 4.78 is 18.0. The number of rotatable bonds is 6. The van der Waals surface area contributed by atoms with Gasteiger partial charge >= 0.3 is 0 Å². The molecule has 2 aromatic rings. The Kier molecular flexibility index (Phi) is 5.16. The number of amides is 1. The van der Waals surface area contributed by atoms with Crippen LogP contribution in [-0.4, -0.2) is 17.7 Å². The summed E-state index contributed by atoms with van der Waals surface area (Å²) in [7, 11) is 0. The van der Waals surface area contributed by atoms with E-state index in [1.807, 2.05) is 42.5 Å². The first-order valence-corrected chi connectivity index (χ1v) is 9.34. The van der Waals surface area contributed by atoms with Crippen LogP contribution in [0.2, 0.25) is 0 Å². The second-order valence-electron chi connectivity index (χ2n) is 6.86. The Balaban J connectivity index is 1.74. The molecule has 1 aliphatic rings. The van der Waals surface area contributed by atoms with Gasteiger partial charge in [-0.3, -0.25) is 9.52 Å². The number of hydrogen-bond donors (Lipinski definition) is 2. The van der Waals surface area contributed by atoms with Gasteiger partial charge in [-0.15, -0.1) is 0 Å².